The van der Waals surface area contributed by atoms with Crippen molar-refractivity contribution in [3.8, 4) is 0 Å². The number of hydrogen-bond donors (Lipinski definition) is 4. The molecular formula is C14H19N5O. The molecule has 1 heterocycles. The molecule has 0 bridgehead atoms. The van der Waals surface area contributed by atoms with Crippen molar-refractivity contribution in [1.29, 1.82) is 0 Å². The van der Waals surface area contributed by atoms with Crippen molar-refractivity contribution in [3.63, 3.8) is 0 Å². The van der Waals surface area contributed by atoms with Crippen LogP contribution in [0.1, 0.15) is 37.1 Å². The number of H-pyrrole nitrogens is 1. The zero-order valence-corrected chi connectivity index (χ0v) is 11.6. The van der Waals surface area contributed by atoms with Crippen LogP contribution in [0.5, 0.6) is 0 Å². The van der Waals surface area contributed by atoms with E-state index in [1.165, 1.54) is 0 Å². The fourth-order valence-electron chi connectivity index (χ4n) is 1.84. The molecule has 2 rings (SSSR count). The van der Waals surface area contributed by atoms with Gasteiger partial charge in [0.15, 0.2) is 0 Å². The maximum Gasteiger partial charge on any atom is 0.319 e. The van der Waals surface area contributed by atoms with Gasteiger partial charge in [-0.2, -0.15) is 5.10 Å². The Morgan fingerprint density at radius 2 is 2.15 bits per heavy atom. The number of aromatic nitrogens is 2. The fraction of sp³-hybridized carbons (Fsp3) is 0.286. The van der Waals surface area contributed by atoms with Crippen LogP contribution in [0.4, 0.5) is 10.5 Å². The van der Waals surface area contributed by atoms with E-state index in [1.54, 1.807) is 12.4 Å². The van der Waals surface area contributed by atoms with Gasteiger partial charge in [-0.25, -0.2) is 4.79 Å². The zero-order chi connectivity index (χ0) is 14.5. The van der Waals surface area contributed by atoms with Gasteiger partial charge in [-0.1, -0.05) is 12.1 Å². The average Bonchev–Trinajstić information content (AvgIpc) is 2.92. The van der Waals surface area contributed by atoms with Gasteiger partial charge >= 0.3 is 6.03 Å². The molecule has 0 radical (unpaired) electrons. The maximum absolute atomic E-state index is 11.9. The molecule has 2 aromatic rings. The topological polar surface area (TPSA) is 95.8 Å². The fourth-order valence-corrected chi connectivity index (χ4v) is 1.84. The van der Waals surface area contributed by atoms with Gasteiger partial charge < -0.3 is 16.4 Å². The molecule has 1 aromatic carbocycles. The number of amides is 2. The molecule has 5 N–H and O–H groups in total. The van der Waals surface area contributed by atoms with Gasteiger partial charge in [-0.15, -0.1) is 0 Å². The predicted molar refractivity (Wildman–Crippen MR) is 78.2 cm³/mol. The number of urea groups is 1. The van der Waals surface area contributed by atoms with E-state index in [0.717, 1.165) is 16.8 Å². The second kappa shape index (κ2) is 6.21. The third-order valence-electron chi connectivity index (χ3n) is 3.04. The van der Waals surface area contributed by atoms with Crippen LogP contribution in [0, 0.1) is 0 Å². The molecule has 0 spiro atoms. The number of nitrogens with one attached hydrogen (secondary N) is 3. The largest absolute Gasteiger partial charge is 0.331 e. The summed E-state index contributed by atoms with van der Waals surface area (Å²) in [6.07, 6.45) is 3.43. The summed E-state index contributed by atoms with van der Waals surface area (Å²) in [5.74, 6) is 0. The number of aromatic amines is 1. The smallest absolute Gasteiger partial charge is 0.319 e. The Hall–Kier alpha value is -2.34. The lowest BCUT2D eigenvalue weighted by Gasteiger charge is -2.14. The van der Waals surface area contributed by atoms with Crippen LogP contribution < -0.4 is 16.4 Å². The zero-order valence-electron chi connectivity index (χ0n) is 11.6. The van der Waals surface area contributed by atoms with Crippen LogP contribution in [0.2, 0.25) is 0 Å². The van der Waals surface area contributed by atoms with Gasteiger partial charge in [-0.3, -0.25) is 5.10 Å². The van der Waals surface area contributed by atoms with Crippen molar-refractivity contribution >= 4 is 11.7 Å². The van der Waals surface area contributed by atoms with E-state index >= 15 is 0 Å². The quantitative estimate of drug-likeness (QED) is 0.688. The normalized spacial score (nSPS) is 13.6. The molecule has 1 aromatic heterocycles. The predicted octanol–water partition coefficient (Wildman–Crippen LogP) is 2.31. The van der Waals surface area contributed by atoms with E-state index < -0.39 is 0 Å². The van der Waals surface area contributed by atoms with Crippen molar-refractivity contribution in [1.82, 2.24) is 15.5 Å². The lowest BCUT2D eigenvalue weighted by Crippen LogP contribution is -2.31. The lowest BCUT2D eigenvalue weighted by molar-refractivity contribution is 0.249. The molecule has 6 heteroatoms. The van der Waals surface area contributed by atoms with E-state index in [2.05, 4.69) is 20.8 Å². The number of carbonyl (C=O) groups is 1. The molecule has 0 saturated heterocycles. The molecule has 106 valence electrons. The highest BCUT2D eigenvalue weighted by atomic mass is 16.2. The Morgan fingerprint density at radius 3 is 2.80 bits per heavy atom. The number of benzene rings is 1. The number of nitrogens with zero attached hydrogens (tertiary/aromatic N) is 1. The van der Waals surface area contributed by atoms with Crippen molar-refractivity contribution in [2.45, 2.75) is 25.9 Å². The van der Waals surface area contributed by atoms with Crippen molar-refractivity contribution in [2.75, 3.05) is 5.32 Å². The first kappa shape index (κ1) is 14.1. The van der Waals surface area contributed by atoms with Crippen LogP contribution in [0.25, 0.3) is 0 Å². The number of anilines is 1. The second-order valence-corrected chi connectivity index (χ2v) is 4.77. The van der Waals surface area contributed by atoms with Gasteiger partial charge in [0, 0.05) is 23.5 Å². The van der Waals surface area contributed by atoms with Gasteiger partial charge in [-0.05, 0) is 31.5 Å². The van der Waals surface area contributed by atoms with Gasteiger partial charge in [0.25, 0.3) is 0 Å². The summed E-state index contributed by atoms with van der Waals surface area (Å²) >= 11 is 0. The molecule has 0 aliphatic carbocycles. The molecule has 6 nitrogen and oxygen atoms in total. The van der Waals surface area contributed by atoms with Crippen molar-refractivity contribution in [2.24, 2.45) is 5.73 Å². The number of hydrogen-bond acceptors (Lipinski definition) is 3. The minimum atomic E-state index is -0.263. The van der Waals surface area contributed by atoms with Crippen molar-refractivity contribution in [3.05, 3.63) is 47.8 Å². The van der Waals surface area contributed by atoms with E-state index in [1.807, 2.05) is 38.1 Å². The second-order valence-electron chi connectivity index (χ2n) is 4.77. The van der Waals surface area contributed by atoms with Crippen LogP contribution in [0.15, 0.2) is 36.7 Å². The SMILES string of the molecule is CC(N)c1cccc(NC(=O)NC(C)c2cn[nH]c2)c1. The van der Waals surface area contributed by atoms with E-state index in [4.69, 9.17) is 5.73 Å². The summed E-state index contributed by atoms with van der Waals surface area (Å²) in [5.41, 5.74) is 8.44. The van der Waals surface area contributed by atoms with Crippen LogP contribution in [0.3, 0.4) is 0 Å². The monoisotopic (exact) mass is 273 g/mol. The van der Waals surface area contributed by atoms with Gasteiger partial charge in [0.1, 0.15) is 0 Å². The number of nitrogens with two attached hydrogens (primary N) is 1. The third-order valence-corrected chi connectivity index (χ3v) is 3.04. The molecule has 2 unspecified atom stereocenters. The first-order chi connectivity index (χ1) is 9.56. The Morgan fingerprint density at radius 1 is 1.35 bits per heavy atom. The van der Waals surface area contributed by atoms with Gasteiger partial charge in [0.2, 0.25) is 0 Å². The molecular weight excluding hydrogens is 254 g/mol. The molecule has 0 aliphatic heterocycles. The van der Waals surface area contributed by atoms with E-state index in [-0.39, 0.29) is 18.1 Å². The molecule has 20 heavy (non-hydrogen) atoms. The summed E-state index contributed by atoms with van der Waals surface area (Å²) in [5, 5.41) is 12.2. The Bertz CT molecular complexity index is 565. The number of carbonyl (C=O) groups excluding carboxylic acids is 1. The Kier molecular flexibility index (Phi) is 4.37. The molecule has 0 aliphatic rings. The summed E-state index contributed by atoms with van der Waals surface area (Å²) < 4.78 is 0. The minimum Gasteiger partial charge on any atom is -0.331 e. The highest BCUT2D eigenvalue weighted by Crippen LogP contribution is 2.16. The first-order valence-corrected chi connectivity index (χ1v) is 6.48. The van der Waals surface area contributed by atoms with Crippen LogP contribution in [-0.4, -0.2) is 16.2 Å². The maximum atomic E-state index is 11.9. The molecule has 2 amide bonds. The first-order valence-electron chi connectivity index (χ1n) is 6.48. The van der Waals surface area contributed by atoms with Crippen molar-refractivity contribution < 1.29 is 4.79 Å². The van der Waals surface area contributed by atoms with Gasteiger partial charge in [0.05, 0.1) is 12.2 Å². The Balaban J connectivity index is 1.96. The lowest BCUT2D eigenvalue weighted by atomic mass is 10.1. The highest BCUT2D eigenvalue weighted by molar-refractivity contribution is 5.89. The minimum absolute atomic E-state index is 0.0651. The number of rotatable bonds is 4. The standard InChI is InChI=1S/C14H19N5O/c1-9(15)11-4-3-5-13(6-11)19-14(20)18-10(2)12-7-16-17-8-12/h3-10H,15H2,1-2H3,(H,16,17)(H2,18,19,20). The molecule has 0 saturated carbocycles. The summed E-state index contributed by atoms with van der Waals surface area (Å²) in [6.45, 7) is 3.79. The van der Waals surface area contributed by atoms with E-state index in [9.17, 15) is 4.79 Å². The molecule has 0 fully saturated rings. The highest BCUT2D eigenvalue weighted by Gasteiger charge is 2.10. The summed E-state index contributed by atoms with van der Waals surface area (Å²) in [7, 11) is 0. The van der Waals surface area contributed by atoms with Crippen LogP contribution >= 0.6 is 0 Å². The Labute approximate surface area is 117 Å². The summed E-state index contributed by atoms with van der Waals surface area (Å²) in [6, 6.07) is 7.05. The molecule has 2 atom stereocenters. The van der Waals surface area contributed by atoms with E-state index in [0.29, 0.717) is 0 Å². The average molecular weight is 273 g/mol. The summed E-state index contributed by atoms with van der Waals surface area (Å²) in [4.78, 5) is 11.9. The third kappa shape index (κ3) is 3.58. The van der Waals surface area contributed by atoms with Crippen LogP contribution in [-0.2, 0) is 0 Å².